The molecule has 4 rings (SSSR count). The van der Waals surface area contributed by atoms with E-state index in [1.54, 1.807) is 0 Å². The number of nitrogens with zero attached hydrogens (tertiary/aromatic N) is 4. The molecule has 0 unspecified atom stereocenters. The standard InChI is InChI=1S/C16H22N8O5S2/c17-30(26,27)15-12(31(28,29)21-10-6-7-18-9-10)5-4-11(14(15)16-19-22-23-20-16)24-8-2-1-3-13(24)25/h4-5,10,18,21H,1-3,6-9H2,(H2,17,26,27)(H,19,20,22,23)/t10-/m1/s1. The summed E-state index contributed by atoms with van der Waals surface area (Å²) in [5.74, 6) is -0.404. The average Bonchev–Trinajstić information content (AvgIpc) is 3.40. The maximum atomic E-state index is 13.1. The van der Waals surface area contributed by atoms with Gasteiger partial charge in [0.05, 0.1) is 11.3 Å². The number of carbonyl (C=O) groups is 1. The first-order valence-electron chi connectivity index (χ1n) is 9.65. The zero-order valence-corrected chi connectivity index (χ0v) is 18.0. The molecule has 0 bridgehead atoms. The van der Waals surface area contributed by atoms with E-state index in [2.05, 4.69) is 30.7 Å². The highest BCUT2D eigenvalue weighted by atomic mass is 32.2. The lowest BCUT2D eigenvalue weighted by molar-refractivity contribution is -0.119. The Labute approximate surface area is 178 Å². The van der Waals surface area contributed by atoms with Crippen LogP contribution >= 0.6 is 0 Å². The first kappa shape index (κ1) is 21.8. The summed E-state index contributed by atoms with van der Waals surface area (Å²) >= 11 is 0. The molecular weight excluding hydrogens is 448 g/mol. The average molecular weight is 471 g/mol. The van der Waals surface area contributed by atoms with Crippen molar-refractivity contribution in [2.24, 2.45) is 5.14 Å². The van der Waals surface area contributed by atoms with E-state index in [9.17, 15) is 21.6 Å². The lowest BCUT2D eigenvalue weighted by Crippen LogP contribution is -2.38. The highest BCUT2D eigenvalue weighted by molar-refractivity contribution is 7.92. The van der Waals surface area contributed by atoms with E-state index in [4.69, 9.17) is 5.14 Å². The third-order valence-electron chi connectivity index (χ3n) is 5.24. The van der Waals surface area contributed by atoms with E-state index in [0.29, 0.717) is 38.9 Å². The van der Waals surface area contributed by atoms with Gasteiger partial charge >= 0.3 is 0 Å². The molecule has 2 fully saturated rings. The van der Waals surface area contributed by atoms with Crippen molar-refractivity contribution >= 4 is 31.6 Å². The van der Waals surface area contributed by atoms with E-state index in [1.165, 1.54) is 11.0 Å². The number of carbonyl (C=O) groups excluding carboxylic acids is 1. The van der Waals surface area contributed by atoms with Crippen LogP contribution in [0.4, 0.5) is 5.69 Å². The van der Waals surface area contributed by atoms with Gasteiger partial charge in [-0.3, -0.25) is 4.79 Å². The second kappa shape index (κ2) is 8.23. The van der Waals surface area contributed by atoms with Crippen LogP contribution in [0.2, 0.25) is 0 Å². The van der Waals surface area contributed by atoms with E-state index in [-0.39, 0.29) is 29.4 Å². The number of H-pyrrole nitrogens is 1. The summed E-state index contributed by atoms with van der Waals surface area (Å²) in [6, 6.07) is 2.13. The smallest absolute Gasteiger partial charge is 0.242 e. The Morgan fingerprint density at radius 2 is 2.00 bits per heavy atom. The number of aromatic nitrogens is 4. The monoisotopic (exact) mass is 470 g/mol. The number of sulfonamides is 2. The van der Waals surface area contributed by atoms with Gasteiger partial charge in [-0.1, -0.05) is 0 Å². The van der Waals surface area contributed by atoms with Crippen molar-refractivity contribution in [3.63, 3.8) is 0 Å². The van der Waals surface area contributed by atoms with Crippen molar-refractivity contribution in [2.45, 2.75) is 41.5 Å². The second-order valence-corrected chi connectivity index (χ2v) is 10.6. The maximum Gasteiger partial charge on any atom is 0.242 e. The summed E-state index contributed by atoms with van der Waals surface area (Å²) < 4.78 is 54.1. The summed E-state index contributed by atoms with van der Waals surface area (Å²) in [4.78, 5) is 12.7. The Kier molecular flexibility index (Phi) is 5.78. The van der Waals surface area contributed by atoms with Crippen molar-refractivity contribution in [1.29, 1.82) is 0 Å². The fourth-order valence-electron chi connectivity index (χ4n) is 3.85. The molecule has 1 aromatic carbocycles. The molecule has 168 valence electrons. The highest BCUT2D eigenvalue weighted by Gasteiger charge is 2.35. The number of primary sulfonamides is 1. The number of hydrogen-bond donors (Lipinski definition) is 4. The number of rotatable bonds is 6. The number of nitrogens with two attached hydrogens (primary N) is 1. The SMILES string of the molecule is NS(=O)(=O)c1c(S(=O)(=O)N[C@@H]2CCNC2)ccc(N2CCCCC2=O)c1-c1nn[nH]n1. The van der Waals surface area contributed by atoms with Gasteiger partial charge < -0.3 is 10.2 Å². The molecule has 2 aliphatic rings. The number of tetrazole rings is 1. The van der Waals surface area contributed by atoms with Crippen LogP contribution in [0.5, 0.6) is 0 Å². The summed E-state index contributed by atoms with van der Waals surface area (Å²) in [5.41, 5.74) is -0.0180. The molecule has 0 saturated carbocycles. The van der Waals surface area contributed by atoms with Crippen LogP contribution in [0.3, 0.4) is 0 Å². The van der Waals surface area contributed by atoms with E-state index >= 15 is 0 Å². The molecule has 5 N–H and O–H groups in total. The Morgan fingerprint density at radius 1 is 1.19 bits per heavy atom. The molecule has 2 saturated heterocycles. The van der Waals surface area contributed by atoms with Crippen molar-refractivity contribution < 1.29 is 21.6 Å². The molecular formula is C16H22N8O5S2. The Morgan fingerprint density at radius 3 is 2.61 bits per heavy atom. The molecule has 0 radical (unpaired) electrons. The summed E-state index contributed by atoms with van der Waals surface area (Å²) in [6.45, 7) is 1.40. The van der Waals surface area contributed by atoms with Gasteiger partial charge in [0.25, 0.3) is 0 Å². The molecule has 1 atom stereocenters. The van der Waals surface area contributed by atoms with Crippen LogP contribution in [0.1, 0.15) is 25.7 Å². The Bertz CT molecular complexity index is 1190. The summed E-state index contributed by atoms with van der Waals surface area (Å²) in [6.07, 6.45) is 2.26. The van der Waals surface area contributed by atoms with Gasteiger partial charge in [0.1, 0.15) is 9.79 Å². The van der Waals surface area contributed by atoms with Crippen molar-refractivity contribution in [2.75, 3.05) is 24.5 Å². The van der Waals surface area contributed by atoms with Gasteiger partial charge in [0.2, 0.25) is 31.8 Å². The number of hydrogen-bond acceptors (Lipinski definition) is 9. The van der Waals surface area contributed by atoms with Crippen molar-refractivity contribution in [3.8, 4) is 11.4 Å². The molecule has 1 aromatic heterocycles. The molecule has 0 spiro atoms. The van der Waals surface area contributed by atoms with Gasteiger partial charge in [-0.25, -0.2) is 26.7 Å². The first-order chi connectivity index (χ1) is 14.7. The lowest BCUT2D eigenvalue weighted by Gasteiger charge is -2.29. The number of nitrogens with one attached hydrogen (secondary N) is 3. The fourth-order valence-corrected chi connectivity index (χ4v) is 6.72. The fraction of sp³-hybridized carbons (Fsp3) is 0.500. The normalized spacial score (nSPS) is 20.4. The Balaban J connectivity index is 1.95. The van der Waals surface area contributed by atoms with Crippen LogP contribution in [-0.2, 0) is 24.8 Å². The maximum absolute atomic E-state index is 13.1. The first-order valence-corrected chi connectivity index (χ1v) is 12.7. The summed E-state index contributed by atoms with van der Waals surface area (Å²) in [5, 5.41) is 21.9. The number of aromatic amines is 1. The van der Waals surface area contributed by atoms with Crippen LogP contribution in [0.15, 0.2) is 21.9 Å². The molecule has 15 heteroatoms. The van der Waals surface area contributed by atoms with E-state index in [1.807, 2.05) is 0 Å². The predicted octanol–water partition coefficient (Wildman–Crippen LogP) is -1.33. The number of amides is 1. The number of benzene rings is 1. The van der Waals surface area contributed by atoms with Crippen molar-refractivity contribution in [1.82, 2.24) is 30.7 Å². The number of anilines is 1. The molecule has 2 aliphatic heterocycles. The van der Waals surface area contributed by atoms with Crippen LogP contribution in [-0.4, -0.2) is 69.0 Å². The van der Waals surface area contributed by atoms with Crippen LogP contribution in [0.25, 0.3) is 11.4 Å². The molecule has 1 amide bonds. The van der Waals surface area contributed by atoms with Gasteiger partial charge in [-0.05, 0) is 43.2 Å². The predicted molar refractivity (Wildman–Crippen MR) is 109 cm³/mol. The quantitative estimate of drug-likeness (QED) is 0.396. The second-order valence-electron chi connectivity index (χ2n) is 7.38. The minimum absolute atomic E-state index is 0.164. The highest BCUT2D eigenvalue weighted by Crippen LogP contribution is 2.39. The van der Waals surface area contributed by atoms with Gasteiger partial charge in [0, 0.05) is 25.6 Å². The third-order valence-corrected chi connectivity index (χ3v) is 7.92. The van der Waals surface area contributed by atoms with E-state index in [0.717, 1.165) is 6.07 Å². The lowest BCUT2D eigenvalue weighted by atomic mass is 10.1. The summed E-state index contributed by atoms with van der Waals surface area (Å²) in [7, 11) is -8.85. The largest absolute Gasteiger partial charge is 0.315 e. The molecule has 31 heavy (non-hydrogen) atoms. The van der Waals surface area contributed by atoms with Gasteiger partial charge in [0.15, 0.2) is 0 Å². The van der Waals surface area contributed by atoms with Gasteiger partial charge in [-0.15, -0.1) is 10.2 Å². The zero-order chi connectivity index (χ0) is 22.2. The number of piperidine rings is 1. The minimum atomic E-state index is -4.58. The Hall–Kier alpha value is -2.46. The van der Waals surface area contributed by atoms with Crippen LogP contribution in [0, 0.1) is 0 Å². The molecule has 3 heterocycles. The van der Waals surface area contributed by atoms with Gasteiger partial charge in [-0.2, -0.15) is 5.21 Å². The minimum Gasteiger partial charge on any atom is -0.315 e. The molecule has 2 aromatic rings. The van der Waals surface area contributed by atoms with Crippen molar-refractivity contribution in [3.05, 3.63) is 12.1 Å². The molecule has 13 nitrogen and oxygen atoms in total. The topological polar surface area (TPSA) is 193 Å². The van der Waals surface area contributed by atoms with Crippen LogP contribution < -0.4 is 20.1 Å². The zero-order valence-electron chi connectivity index (χ0n) is 16.4. The molecule has 0 aliphatic carbocycles. The third kappa shape index (κ3) is 4.31. The van der Waals surface area contributed by atoms with E-state index < -0.39 is 35.9 Å².